The Balaban J connectivity index is 1.89. The number of rotatable bonds is 7. The second-order valence-electron chi connectivity index (χ2n) is 6.79. The summed E-state index contributed by atoms with van der Waals surface area (Å²) in [5, 5.41) is 0. The molecule has 0 heterocycles. The number of hydrogen-bond acceptors (Lipinski definition) is 3. The van der Waals surface area contributed by atoms with Gasteiger partial charge in [0.15, 0.2) is 0 Å². The highest BCUT2D eigenvalue weighted by molar-refractivity contribution is 7.92. The predicted octanol–water partition coefficient (Wildman–Crippen LogP) is 4.89. The van der Waals surface area contributed by atoms with Crippen LogP contribution in [0.5, 0.6) is 5.75 Å². The van der Waals surface area contributed by atoms with E-state index in [4.69, 9.17) is 4.74 Å². The van der Waals surface area contributed by atoms with Crippen molar-refractivity contribution >= 4 is 15.7 Å². The van der Waals surface area contributed by atoms with E-state index in [0.717, 1.165) is 22.4 Å². The van der Waals surface area contributed by atoms with Crippen LogP contribution in [0, 0.1) is 20.8 Å². The summed E-state index contributed by atoms with van der Waals surface area (Å²) in [6, 6.07) is 22.0. The number of nitrogens with zero attached hydrogens (tertiary/aromatic N) is 1. The van der Waals surface area contributed by atoms with E-state index < -0.39 is 10.0 Å². The van der Waals surface area contributed by atoms with Crippen molar-refractivity contribution in [1.82, 2.24) is 0 Å². The third kappa shape index (κ3) is 4.37. The standard InChI is InChI=1S/C23H25NO3S/c1-18-13-14-20(3)23(17-18)27-16-15-24(22-12-8-7-9-19(22)2)28(25,26)21-10-5-4-6-11-21/h4-14,17H,15-16H2,1-3H3. The molecule has 0 fully saturated rings. The van der Waals surface area contributed by atoms with Crippen molar-refractivity contribution in [3.63, 3.8) is 0 Å². The molecular weight excluding hydrogens is 370 g/mol. The monoisotopic (exact) mass is 395 g/mol. The fourth-order valence-corrected chi connectivity index (χ4v) is 4.57. The molecular formula is C23H25NO3S. The first-order valence-corrected chi connectivity index (χ1v) is 10.7. The van der Waals surface area contributed by atoms with Crippen LogP contribution in [-0.2, 0) is 10.0 Å². The van der Waals surface area contributed by atoms with E-state index in [2.05, 4.69) is 0 Å². The summed E-state index contributed by atoms with van der Waals surface area (Å²) in [5.74, 6) is 0.779. The zero-order valence-corrected chi connectivity index (χ0v) is 17.2. The molecule has 3 aromatic carbocycles. The minimum atomic E-state index is -3.70. The van der Waals surface area contributed by atoms with Crippen molar-refractivity contribution in [2.24, 2.45) is 0 Å². The molecule has 3 aromatic rings. The number of anilines is 1. The Morgan fingerprint density at radius 1 is 0.821 bits per heavy atom. The summed E-state index contributed by atoms with van der Waals surface area (Å²) >= 11 is 0. The summed E-state index contributed by atoms with van der Waals surface area (Å²) < 4.78 is 34.0. The molecule has 3 rings (SSSR count). The topological polar surface area (TPSA) is 46.6 Å². The van der Waals surface area contributed by atoms with Gasteiger partial charge in [-0.25, -0.2) is 8.42 Å². The van der Waals surface area contributed by atoms with Gasteiger partial charge in [-0.3, -0.25) is 4.31 Å². The van der Waals surface area contributed by atoms with Gasteiger partial charge in [-0.1, -0.05) is 48.5 Å². The van der Waals surface area contributed by atoms with E-state index in [0.29, 0.717) is 5.69 Å². The summed E-state index contributed by atoms with van der Waals surface area (Å²) in [4.78, 5) is 0.269. The zero-order valence-electron chi connectivity index (χ0n) is 16.4. The SMILES string of the molecule is Cc1ccc(C)c(OCCN(c2ccccc2C)S(=O)(=O)c2ccccc2)c1. The van der Waals surface area contributed by atoms with E-state index in [1.54, 1.807) is 30.3 Å². The third-order valence-electron chi connectivity index (χ3n) is 4.61. The molecule has 0 aliphatic heterocycles. The molecule has 0 saturated heterocycles. The number of hydrogen-bond donors (Lipinski definition) is 0. The van der Waals surface area contributed by atoms with E-state index in [1.807, 2.05) is 63.2 Å². The fraction of sp³-hybridized carbons (Fsp3) is 0.217. The average molecular weight is 396 g/mol. The number of para-hydroxylation sites is 1. The Bertz CT molecular complexity index is 1050. The lowest BCUT2D eigenvalue weighted by atomic mass is 10.1. The van der Waals surface area contributed by atoms with E-state index in [1.165, 1.54) is 4.31 Å². The summed E-state index contributed by atoms with van der Waals surface area (Å²) in [6.07, 6.45) is 0. The van der Waals surface area contributed by atoms with Gasteiger partial charge in [0, 0.05) is 0 Å². The van der Waals surface area contributed by atoms with Gasteiger partial charge in [0.05, 0.1) is 17.1 Å². The van der Waals surface area contributed by atoms with Crippen LogP contribution >= 0.6 is 0 Å². The Hall–Kier alpha value is -2.79. The average Bonchev–Trinajstić information content (AvgIpc) is 2.69. The maximum absolute atomic E-state index is 13.3. The van der Waals surface area contributed by atoms with Crippen LogP contribution in [0.1, 0.15) is 16.7 Å². The highest BCUT2D eigenvalue weighted by Crippen LogP contribution is 2.27. The molecule has 0 amide bonds. The molecule has 0 unspecified atom stereocenters. The molecule has 0 N–H and O–H groups in total. The molecule has 0 aliphatic carbocycles. The molecule has 0 atom stereocenters. The maximum Gasteiger partial charge on any atom is 0.264 e. The fourth-order valence-electron chi connectivity index (χ4n) is 3.03. The van der Waals surface area contributed by atoms with E-state index in [9.17, 15) is 8.42 Å². The Morgan fingerprint density at radius 3 is 2.21 bits per heavy atom. The molecule has 0 aromatic heterocycles. The van der Waals surface area contributed by atoms with Crippen LogP contribution < -0.4 is 9.04 Å². The van der Waals surface area contributed by atoms with Gasteiger partial charge in [-0.05, 0) is 61.7 Å². The second-order valence-corrected chi connectivity index (χ2v) is 8.66. The molecule has 5 heteroatoms. The molecule has 0 saturated carbocycles. The largest absolute Gasteiger partial charge is 0.491 e. The molecule has 0 bridgehead atoms. The van der Waals surface area contributed by atoms with Gasteiger partial charge in [0.1, 0.15) is 12.4 Å². The Labute approximate surface area is 167 Å². The van der Waals surface area contributed by atoms with E-state index in [-0.39, 0.29) is 18.0 Å². The van der Waals surface area contributed by atoms with Crippen molar-refractivity contribution in [1.29, 1.82) is 0 Å². The van der Waals surface area contributed by atoms with Crippen molar-refractivity contribution < 1.29 is 13.2 Å². The summed E-state index contributed by atoms with van der Waals surface area (Å²) in [7, 11) is -3.70. The third-order valence-corrected chi connectivity index (χ3v) is 6.44. The first-order chi connectivity index (χ1) is 13.4. The quantitative estimate of drug-likeness (QED) is 0.572. The van der Waals surface area contributed by atoms with Gasteiger partial charge in [-0.2, -0.15) is 0 Å². The zero-order chi connectivity index (χ0) is 20.1. The predicted molar refractivity (Wildman–Crippen MR) is 114 cm³/mol. The van der Waals surface area contributed by atoms with Gasteiger partial charge >= 0.3 is 0 Å². The second kappa shape index (κ2) is 8.48. The highest BCUT2D eigenvalue weighted by Gasteiger charge is 2.25. The molecule has 28 heavy (non-hydrogen) atoms. The molecule has 0 aliphatic rings. The van der Waals surface area contributed by atoms with Gasteiger partial charge in [0.25, 0.3) is 10.0 Å². The van der Waals surface area contributed by atoms with Gasteiger partial charge in [0.2, 0.25) is 0 Å². The minimum Gasteiger partial charge on any atom is -0.491 e. The lowest BCUT2D eigenvalue weighted by molar-refractivity contribution is 0.326. The lowest BCUT2D eigenvalue weighted by Crippen LogP contribution is -2.35. The van der Waals surface area contributed by atoms with Crippen LogP contribution in [0.3, 0.4) is 0 Å². The van der Waals surface area contributed by atoms with Crippen molar-refractivity contribution in [3.8, 4) is 5.75 Å². The van der Waals surface area contributed by atoms with Crippen LogP contribution in [0.2, 0.25) is 0 Å². The molecule has 4 nitrogen and oxygen atoms in total. The maximum atomic E-state index is 13.3. The van der Waals surface area contributed by atoms with Gasteiger partial charge in [-0.15, -0.1) is 0 Å². The van der Waals surface area contributed by atoms with Crippen LogP contribution in [0.4, 0.5) is 5.69 Å². The number of ether oxygens (including phenoxy) is 1. The number of aryl methyl sites for hydroxylation is 3. The van der Waals surface area contributed by atoms with Crippen LogP contribution in [-0.4, -0.2) is 21.6 Å². The van der Waals surface area contributed by atoms with Gasteiger partial charge < -0.3 is 4.74 Å². The smallest absolute Gasteiger partial charge is 0.264 e. The Kier molecular flexibility index (Phi) is 6.05. The number of sulfonamides is 1. The summed E-state index contributed by atoms with van der Waals surface area (Å²) in [6.45, 7) is 6.37. The first-order valence-electron chi connectivity index (χ1n) is 9.23. The van der Waals surface area contributed by atoms with Crippen LogP contribution in [0.15, 0.2) is 77.7 Å². The normalized spacial score (nSPS) is 11.2. The minimum absolute atomic E-state index is 0.218. The Morgan fingerprint density at radius 2 is 1.50 bits per heavy atom. The van der Waals surface area contributed by atoms with Crippen molar-refractivity contribution in [2.75, 3.05) is 17.5 Å². The lowest BCUT2D eigenvalue weighted by Gasteiger charge is -2.26. The highest BCUT2D eigenvalue weighted by atomic mass is 32.2. The molecule has 0 radical (unpaired) electrons. The van der Waals surface area contributed by atoms with Crippen molar-refractivity contribution in [3.05, 3.63) is 89.5 Å². The number of benzene rings is 3. The molecule has 146 valence electrons. The molecule has 0 spiro atoms. The summed E-state index contributed by atoms with van der Waals surface area (Å²) in [5.41, 5.74) is 3.69. The first kappa shape index (κ1) is 20.0. The van der Waals surface area contributed by atoms with Crippen LogP contribution in [0.25, 0.3) is 0 Å². The van der Waals surface area contributed by atoms with Crippen molar-refractivity contribution in [2.45, 2.75) is 25.7 Å². The van der Waals surface area contributed by atoms with E-state index >= 15 is 0 Å².